The molecule has 0 saturated heterocycles. The molecule has 0 unspecified atom stereocenters. The number of nitrogen functional groups attached to an aromatic ring is 1. The van der Waals surface area contributed by atoms with Gasteiger partial charge >= 0.3 is 0 Å². The van der Waals surface area contributed by atoms with Crippen molar-refractivity contribution in [2.75, 3.05) is 5.73 Å². The van der Waals surface area contributed by atoms with Crippen LogP contribution in [0.1, 0.15) is 17.1 Å². The highest BCUT2D eigenvalue weighted by Crippen LogP contribution is 2.40. The van der Waals surface area contributed by atoms with Crippen LogP contribution in [0.2, 0.25) is 0 Å². The summed E-state index contributed by atoms with van der Waals surface area (Å²) < 4.78 is 11.9. The van der Waals surface area contributed by atoms with Crippen LogP contribution < -0.4 is 5.73 Å². The number of aryl methyl sites for hydroxylation is 2. The Bertz CT molecular complexity index is 818. The van der Waals surface area contributed by atoms with E-state index >= 15 is 0 Å². The Kier molecular flexibility index (Phi) is 3.37. The first-order valence-electron chi connectivity index (χ1n) is 6.57. The van der Waals surface area contributed by atoms with Gasteiger partial charge in [0.15, 0.2) is 0 Å². The molecule has 0 bridgehead atoms. The zero-order chi connectivity index (χ0) is 15.1. The van der Waals surface area contributed by atoms with Crippen LogP contribution in [0.15, 0.2) is 37.7 Å². The Hall–Kier alpha value is -2.01. The molecular formula is C16H15BrN2O2. The van der Waals surface area contributed by atoms with Crippen molar-refractivity contribution in [2.24, 2.45) is 0 Å². The number of halogens is 1. The van der Waals surface area contributed by atoms with Gasteiger partial charge in [-0.1, -0.05) is 33.2 Å². The van der Waals surface area contributed by atoms with Crippen LogP contribution in [0.25, 0.3) is 22.4 Å². The lowest BCUT2D eigenvalue weighted by molar-refractivity contribution is 0.439. The standard InChI is InChI=1S/C16H15BrN2O2/c1-8-9(2)20-10(3)13(8)15-14(16(18)21-19-15)11-5-4-6-12(17)7-11/h4-7H,18H2,1-3H3. The third-order valence-corrected chi connectivity index (χ3v) is 4.12. The maximum atomic E-state index is 5.99. The van der Waals surface area contributed by atoms with Crippen molar-refractivity contribution in [3.8, 4) is 22.4 Å². The van der Waals surface area contributed by atoms with E-state index in [9.17, 15) is 0 Å². The van der Waals surface area contributed by atoms with E-state index in [1.807, 2.05) is 45.0 Å². The molecule has 0 spiro atoms. The average molecular weight is 347 g/mol. The summed E-state index contributed by atoms with van der Waals surface area (Å²) >= 11 is 3.48. The van der Waals surface area contributed by atoms with E-state index < -0.39 is 0 Å². The molecule has 0 aliphatic rings. The molecule has 0 amide bonds. The van der Waals surface area contributed by atoms with Crippen LogP contribution in [-0.4, -0.2) is 5.16 Å². The molecule has 0 saturated carbocycles. The van der Waals surface area contributed by atoms with Gasteiger partial charge in [-0.25, -0.2) is 0 Å². The molecular weight excluding hydrogens is 332 g/mol. The Balaban J connectivity index is 2.27. The summed E-state index contributed by atoms with van der Waals surface area (Å²) in [5, 5.41) is 4.15. The molecule has 0 fully saturated rings. The quantitative estimate of drug-likeness (QED) is 0.718. The fraction of sp³-hybridized carbons (Fsp3) is 0.188. The van der Waals surface area contributed by atoms with Gasteiger partial charge in [0.1, 0.15) is 17.2 Å². The molecule has 4 nitrogen and oxygen atoms in total. The summed E-state index contributed by atoms with van der Waals surface area (Å²) in [7, 11) is 0. The second kappa shape index (κ2) is 5.07. The number of rotatable bonds is 2. The number of hydrogen-bond acceptors (Lipinski definition) is 4. The van der Waals surface area contributed by atoms with E-state index in [2.05, 4.69) is 21.1 Å². The summed E-state index contributed by atoms with van der Waals surface area (Å²) in [6.07, 6.45) is 0. The van der Waals surface area contributed by atoms with Crippen LogP contribution in [0.3, 0.4) is 0 Å². The number of nitrogens with zero attached hydrogens (tertiary/aromatic N) is 1. The van der Waals surface area contributed by atoms with E-state index in [0.29, 0.717) is 5.88 Å². The van der Waals surface area contributed by atoms with Crippen molar-refractivity contribution in [3.63, 3.8) is 0 Å². The summed E-state index contributed by atoms with van der Waals surface area (Å²) in [5.41, 5.74) is 10.5. The maximum absolute atomic E-state index is 5.99. The minimum absolute atomic E-state index is 0.306. The van der Waals surface area contributed by atoms with Crippen LogP contribution in [-0.2, 0) is 0 Å². The predicted molar refractivity (Wildman–Crippen MR) is 86.0 cm³/mol. The molecule has 2 heterocycles. The van der Waals surface area contributed by atoms with Crippen LogP contribution in [0.5, 0.6) is 0 Å². The number of anilines is 1. The molecule has 0 radical (unpaired) electrons. The highest BCUT2D eigenvalue weighted by Gasteiger charge is 2.23. The highest BCUT2D eigenvalue weighted by atomic mass is 79.9. The molecule has 3 aromatic rings. The van der Waals surface area contributed by atoms with Gasteiger partial charge in [0.05, 0.1) is 5.56 Å². The van der Waals surface area contributed by atoms with Gasteiger partial charge in [-0.3, -0.25) is 0 Å². The van der Waals surface area contributed by atoms with Gasteiger partial charge in [-0.05, 0) is 44.0 Å². The number of aromatic nitrogens is 1. The molecule has 21 heavy (non-hydrogen) atoms. The summed E-state index contributed by atoms with van der Waals surface area (Å²) in [4.78, 5) is 0. The molecule has 3 rings (SSSR count). The number of benzene rings is 1. The van der Waals surface area contributed by atoms with Gasteiger partial charge < -0.3 is 14.7 Å². The first-order chi connectivity index (χ1) is 9.99. The third kappa shape index (κ3) is 2.27. The molecule has 1 aromatic carbocycles. The fourth-order valence-electron chi connectivity index (χ4n) is 2.54. The van der Waals surface area contributed by atoms with E-state index in [-0.39, 0.29) is 0 Å². The average Bonchev–Trinajstić information content (AvgIpc) is 2.91. The van der Waals surface area contributed by atoms with Crippen molar-refractivity contribution in [1.29, 1.82) is 0 Å². The lowest BCUT2D eigenvalue weighted by Gasteiger charge is -2.03. The van der Waals surface area contributed by atoms with Crippen LogP contribution >= 0.6 is 15.9 Å². The van der Waals surface area contributed by atoms with Gasteiger partial charge in [-0.15, -0.1) is 0 Å². The zero-order valence-corrected chi connectivity index (χ0v) is 13.6. The Morgan fingerprint density at radius 1 is 1.10 bits per heavy atom. The van der Waals surface area contributed by atoms with Crippen LogP contribution in [0, 0.1) is 20.8 Å². The fourth-order valence-corrected chi connectivity index (χ4v) is 2.94. The Morgan fingerprint density at radius 2 is 1.86 bits per heavy atom. The van der Waals surface area contributed by atoms with E-state index in [0.717, 1.165) is 43.9 Å². The lowest BCUT2D eigenvalue weighted by Crippen LogP contribution is -1.89. The number of hydrogen-bond donors (Lipinski definition) is 1. The summed E-state index contributed by atoms with van der Waals surface area (Å²) in [6, 6.07) is 7.89. The lowest BCUT2D eigenvalue weighted by atomic mass is 9.98. The molecule has 2 N–H and O–H groups in total. The Morgan fingerprint density at radius 3 is 2.48 bits per heavy atom. The smallest absolute Gasteiger partial charge is 0.230 e. The van der Waals surface area contributed by atoms with Crippen molar-refractivity contribution in [3.05, 3.63) is 45.8 Å². The second-order valence-electron chi connectivity index (χ2n) is 5.00. The maximum Gasteiger partial charge on any atom is 0.230 e. The predicted octanol–water partition coefficient (Wildman–Crippen LogP) is 4.87. The first kappa shape index (κ1) is 13.9. The second-order valence-corrected chi connectivity index (χ2v) is 5.91. The minimum Gasteiger partial charge on any atom is -0.466 e. The van der Waals surface area contributed by atoms with Gasteiger partial charge in [-0.2, -0.15) is 0 Å². The van der Waals surface area contributed by atoms with Gasteiger partial charge in [0, 0.05) is 10.0 Å². The Labute approximate surface area is 131 Å². The highest BCUT2D eigenvalue weighted by molar-refractivity contribution is 9.10. The zero-order valence-electron chi connectivity index (χ0n) is 12.0. The van der Waals surface area contributed by atoms with E-state index in [4.69, 9.17) is 14.7 Å². The molecule has 0 aliphatic heterocycles. The van der Waals surface area contributed by atoms with Crippen LogP contribution in [0.4, 0.5) is 5.88 Å². The van der Waals surface area contributed by atoms with Crippen molar-refractivity contribution in [1.82, 2.24) is 5.16 Å². The normalized spacial score (nSPS) is 11.0. The minimum atomic E-state index is 0.306. The van der Waals surface area contributed by atoms with Gasteiger partial charge in [0.2, 0.25) is 5.88 Å². The molecule has 2 aromatic heterocycles. The van der Waals surface area contributed by atoms with Crippen molar-refractivity contribution in [2.45, 2.75) is 20.8 Å². The first-order valence-corrected chi connectivity index (χ1v) is 7.36. The topological polar surface area (TPSA) is 65.2 Å². The summed E-state index contributed by atoms with van der Waals surface area (Å²) in [6.45, 7) is 5.87. The molecule has 0 atom stereocenters. The van der Waals surface area contributed by atoms with E-state index in [1.165, 1.54) is 0 Å². The molecule has 108 valence electrons. The van der Waals surface area contributed by atoms with E-state index in [1.54, 1.807) is 0 Å². The largest absolute Gasteiger partial charge is 0.466 e. The van der Waals surface area contributed by atoms with Crippen molar-refractivity contribution < 1.29 is 8.94 Å². The third-order valence-electron chi connectivity index (χ3n) is 3.63. The van der Waals surface area contributed by atoms with Crippen molar-refractivity contribution >= 4 is 21.8 Å². The molecule has 5 heteroatoms. The van der Waals surface area contributed by atoms with Gasteiger partial charge in [0.25, 0.3) is 0 Å². The SMILES string of the molecule is Cc1oc(C)c(-c2noc(N)c2-c2cccc(Br)c2)c1C. The summed E-state index contributed by atoms with van der Waals surface area (Å²) in [5.74, 6) is 2.00. The molecule has 0 aliphatic carbocycles. The monoisotopic (exact) mass is 346 g/mol. The number of furan rings is 1. The number of nitrogens with two attached hydrogens (primary N) is 1.